The predicted molar refractivity (Wildman–Crippen MR) is 94.2 cm³/mol. The average molecular weight is 342 g/mol. The number of rotatable bonds is 8. The molecule has 2 rings (SSSR count). The van der Waals surface area contributed by atoms with Gasteiger partial charge < -0.3 is 9.47 Å². The van der Waals surface area contributed by atoms with Crippen molar-refractivity contribution < 1.29 is 19.1 Å². The Labute approximate surface area is 147 Å². The standard InChI is InChI=1S/C19H22N2O4/c1-2-24-11-12-25-17-10-6-9-16(14-17)19(23)21-20-18(22)13-15-7-4-3-5-8-15/h3-10,14H,2,11-13H2,1H3,(H,20,22)(H,21,23). The van der Waals surface area contributed by atoms with Gasteiger partial charge in [0, 0.05) is 12.2 Å². The van der Waals surface area contributed by atoms with Gasteiger partial charge in [-0.3, -0.25) is 20.4 Å². The summed E-state index contributed by atoms with van der Waals surface area (Å²) in [5, 5.41) is 0. The first kappa shape index (κ1) is 18.5. The van der Waals surface area contributed by atoms with E-state index < -0.39 is 5.91 Å². The molecule has 0 saturated heterocycles. The monoisotopic (exact) mass is 342 g/mol. The fourth-order valence-corrected chi connectivity index (χ4v) is 2.11. The molecule has 2 aromatic carbocycles. The zero-order chi connectivity index (χ0) is 17.9. The summed E-state index contributed by atoms with van der Waals surface area (Å²) in [6, 6.07) is 16.0. The molecule has 6 nitrogen and oxygen atoms in total. The summed E-state index contributed by atoms with van der Waals surface area (Å²) in [5.74, 6) is -0.122. The molecule has 0 unspecified atom stereocenters. The molecule has 2 aromatic rings. The highest BCUT2D eigenvalue weighted by molar-refractivity contribution is 5.95. The molecule has 0 bridgehead atoms. The second-order valence-electron chi connectivity index (χ2n) is 5.24. The molecular formula is C19H22N2O4. The highest BCUT2D eigenvalue weighted by Gasteiger charge is 2.09. The van der Waals surface area contributed by atoms with E-state index >= 15 is 0 Å². The predicted octanol–water partition coefficient (Wildman–Crippen LogP) is 2.11. The van der Waals surface area contributed by atoms with Gasteiger partial charge >= 0.3 is 0 Å². The number of hydrazine groups is 1. The molecule has 6 heteroatoms. The molecule has 0 saturated carbocycles. The summed E-state index contributed by atoms with van der Waals surface area (Å²) < 4.78 is 10.7. The topological polar surface area (TPSA) is 76.7 Å². The van der Waals surface area contributed by atoms with Crippen LogP contribution in [0, 0.1) is 0 Å². The van der Waals surface area contributed by atoms with Crippen LogP contribution in [0.1, 0.15) is 22.8 Å². The van der Waals surface area contributed by atoms with Crippen molar-refractivity contribution in [2.75, 3.05) is 19.8 Å². The lowest BCUT2D eigenvalue weighted by atomic mass is 10.1. The fourth-order valence-electron chi connectivity index (χ4n) is 2.11. The molecule has 0 aromatic heterocycles. The highest BCUT2D eigenvalue weighted by Crippen LogP contribution is 2.13. The molecule has 25 heavy (non-hydrogen) atoms. The third-order valence-electron chi connectivity index (χ3n) is 3.32. The minimum atomic E-state index is -0.406. The van der Waals surface area contributed by atoms with Gasteiger partial charge in [-0.05, 0) is 30.7 Å². The summed E-state index contributed by atoms with van der Waals surface area (Å²) in [7, 11) is 0. The third-order valence-corrected chi connectivity index (χ3v) is 3.32. The van der Waals surface area contributed by atoms with Crippen molar-refractivity contribution in [3.05, 3.63) is 65.7 Å². The zero-order valence-electron chi connectivity index (χ0n) is 14.2. The van der Waals surface area contributed by atoms with Crippen molar-refractivity contribution in [1.29, 1.82) is 0 Å². The van der Waals surface area contributed by atoms with E-state index in [1.165, 1.54) is 0 Å². The van der Waals surface area contributed by atoms with E-state index in [2.05, 4.69) is 10.9 Å². The van der Waals surface area contributed by atoms with Crippen LogP contribution in [0.25, 0.3) is 0 Å². The van der Waals surface area contributed by atoms with Crippen LogP contribution >= 0.6 is 0 Å². The van der Waals surface area contributed by atoms with Crippen LogP contribution in [0.3, 0.4) is 0 Å². The van der Waals surface area contributed by atoms with Gasteiger partial charge in [-0.1, -0.05) is 36.4 Å². The molecule has 0 aliphatic heterocycles. The van der Waals surface area contributed by atoms with Crippen LogP contribution in [0.15, 0.2) is 54.6 Å². The van der Waals surface area contributed by atoms with E-state index in [-0.39, 0.29) is 12.3 Å². The number of nitrogens with one attached hydrogen (secondary N) is 2. The van der Waals surface area contributed by atoms with Crippen LogP contribution in [0.5, 0.6) is 5.75 Å². The van der Waals surface area contributed by atoms with Gasteiger partial charge in [0.25, 0.3) is 5.91 Å². The number of ether oxygens (including phenoxy) is 2. The Balaban J connectivity index is 1.81. The fraction of sp³-hybridized carbons (Fsp3) is 0.263. The largest absolute Gasteiger partial charge is 0.491 e. The van der Waals surface area contributed by atoms with Crippen LogP contribution in [-0.2, 0) is 16.0 Å². The van der Waals surface area contributed by atoms with Crippen molar-refractivity contribution in [3.63, 3.8) is 0 Å². The van der Waals surface area contributed by atoms with Gasteiger partial charge in [-0.15, -0.1) is 0 Å². The molecule has 0 aliphatic rings. The molecule has 0 aliphatic carbocycles. The average Bonchev–Trinajstić information content (AvgIpc) is 2.64. The third kappa shape index (κ3) is 6.64. The molecular weight excluding hydrogens is 320 g/mol. The normalized spacial score (nSPS) is 10.1. The SMILES string of the molecule is CCOCCOc1cccc(C(=O)NNC(=O)Cc2ccccc2)c1. The minimum absolute atomic E-state index is 0.196. The second kappa shape index (κ2) is 10.1. The molecule has 0 spiro atoms. The lowest BCUT2D eigenvalue weighted by Crippen LogP contribution is -2.42. The van der Waals surface area contributed by atoms with Crippen molar-refractivity contribution in [2.24, 2.45) is 0 Å². The van der Waals surface area contributed by atoms with E-state index in [0.29, 0.717) is 31.1 Å². The van der Waals surface area contributed by atoms with Crippen LogP contribution in [0.4, 0.5) is 0 Å². The van der Waals surface area contributed by atoms with Gasteiger partial charge in [-0.25, -0.2) is 0 Å². The maximum Gasteiger partial charge on any atom is 0.269 e. The number of amides is 2. The summed E-state index contributed by atoms with van der Waals surface area (Å²) in [6.45, 7) is 3.45. The lowest BCUT2D eigenvalue weighted by Gasteiger charge is -2.10. The maximum absolute atomic E-state index is 12.1. The molecule has 0 radical (unpaired) electrons. The first-order chi connectivity index (χ1) is 12.2. The summed E-state index contributed by atoms with van der Waals surface area (Å²) in [5.41, 5.74) is 6.08. The van der Waals surface area contributed by atoms with E-state index in [9.17, 15) is 9.59 Å². The van der Waals surface area contributed by atoms with Crippen molar-refractivity contribution in [2.45, 2.75) is 13.3 Å². The maximum atomic E-state index is 12.1. The first-order valence-corrected chi connectivity index (χ1v) is 8.12. The van der Waals surface area contributed by atoms with Gasteiger partial charge in [-0.2, -0.15) is 0 Å². The quantitative estimate of drug-likeness (QED) is 0.569. The zero-order valence-corrected chi connectivity index (χ0v) is 14.2. The Kier molecular flexibility index (Phi) is 7.46. The number of hydrogen-bond donors (Lipinski definition) is 2. The van der Waals surface area contributed by atoms with E-state index in [1.54, 1.807) is 24.3 Å². The summed E-state index contributed by atoms with van der Waals surface area (Å²) >= 11 is 0. The molecule has 0 atom stereocenters. The van der Waals surface area contributed by atoms with Crippen molar-refractivity contribution >= 4 is 11.8 Å². The molecule has 132 valence electrons. The van der Waals surface area contributed by atoms with Crippen molar-refractivity contribution in [1.82, 2.24) is 10.9 Å². The Hall–Kier alpha value is -2.86. The Morgan fingerprint density at radius 2 is 1.76 bits per heavy atom. The van der Waals surface area contributed by atoms with Crippen molar-refractivity contribution in [3.8, 4) is 5.75 Å². The van der Waals surface area contributed by atoms with Crippen LogP contribution in [0.2, 0.25) is 0 Å². The van der Waals surface area contributed by atoms with Gasteiger partial charge in [0.1, 0.15) is 12.4 Å². The molecule has 2 amide bonds. The van der Waals surface area contributed by atoms with Gasteiger partial charge in [0.15, 0.2) is 0 Å². The summed E-state index contributed by atoms with van der Waals surface area (Å²) in [4.78, 5) is 24.0. The van der Waals surface area contributed by atoms with E-state index in [4.69, 9.17) is 9.47 Å². The van der Waals surface area contributed by atoms with Crippen LogP contribution in [-0.4, -0.2) is 31.6 Å². The smallest absolute Gasteiger partial charge is 0.269 e. The Morgan fingerprint density at radius 1 is 0.960 bits per heavy atom. The number of benzene rings is 2. The van der Waals surface area contributed by atoms with E-state index in [0.717, 1.165) is 5.56 Å². The molecule has 2 N–H and O–H groups in total. The number of carbonyl (C=O) groups is 2. The van der Waals surface area contributed by atoms with Gasteiger partial charge in [0.05, 0.1) is 13.0 Å². The number of carbonyl (C=O) groups excluding carboxylic acids is 2. The highest BCUT2D eigenvalue weighted by atomic mass is 16.5. The lowest BCUT2D eigenvalue weighted by molar-refractivity contribution is -0.121. The van der Waals surface area contributed by atoms with Gasteiger partial charge in [0.2, 0.25) is 5.91 Å². The Morgan fingerprint density at radius 3 is 2.52 bits per heavy atom. The molecule has 0 heterocycles. The molecule has 0 fully saturated rings. The van der Waals surface area contributed by atoms with Crippen LogP contribution < -0.4 is 15.6 Å². The minimum Gasteiger partial charge on any atom is -0.491 e. The first-order valence-electron chi connectivity index (χ1n) is 8.12. The number of hydrogen-bond acceptors (Lipinski definition) is 4. The second-order valence-corrected chi connectivity index (χ2v) is 5.24. The Bertz CT molecular complexity index is 689. The van der Waals surface area contributed by atoms with E-state index in [1.807, 2.05) is 37.3 Å². The summed E-state index contributed by atoms with van der Waals surface area (Å²) in [6.07, 6.45) is 0.196.